The monoisotopic (exact) mass is 415 g/mol. The minimum absolute atomic E-state index is 0.101. The number of pyridine rings is 1. The standard InChI is InChI=1S/C14H8BrCl2N3OS/c15-11-3-1-7(22-11)6-18-20-12-4-2-8-9(16)5-10(17)14(21)13(8)19-12/h1-6,21H,(H,19,20)/b18-6-. The van der Waals surface area contributed by atoms with Crippen molar-refractivity contribution in [1.82, 2.24) is 4.98 Å². The lowest BCUT2D eigenvalue weighted by Gasteiger charge is -2.06. The summed E-state index contributed by atoms with van der Waals surface area (Å²) in [6.45, 7) is 0. The molecule has 0 atom stereocenters. The number of aromatic hydroxyl groups is 1. The number of hydrogen-bond acceptors (Lipinski definition) is 5. The van der Waals surface area contributed by atoms with Crippen LogP contribution in [-0.4, -0.2) is 16.3 Å². The van der Waals surface area contributed by atoms with E-state index in [0.717, 1.165) is 8.66 Å². The van der Waals surface area contributed by atoms with E-state index in [-0.39, 0.29) is 10.8 Å². The maximum Gasteiger partial charge on any atom is 0.160 e. The van der Waals surface area contributed by atoms with E-state index in [1.54, 1.807) is 29.7 Å². The van der Waals surface area contributed by atoms with Gasteiger partial charge in [0.1, 0.15) is 11.3 Å². The SMILES string of the molecule is Oc1c(Cl)cc(Cl)c2ccc(N/N=C\c3ccc(Br)s3)nc12. The van der Waals surface area contributed by atoms with Crippen molar-refractivity contribution >= 4 is 73.4 Å². The third-order valence-electron chi connectivity index (χ3n) is 2.82. The van der Waals surface area contributed by atoms with E-state index in [2.05, 4.69) is 31.4 Å². The van der Waals surface area contributed by atoms with E-state index in [9.17, 15) is 5.11 Å². The van der Waals surface area contributed by atoms with Gasteiger partial charge < -0.3 is 5.11 Å². The molecule has 112 valence electrons. The van der Waals surface area contributed by atoms with Crippen LogP contribution in [0.15, 0.2) is 39.2 Å². The molecule has 0 aliphatic carbocycles. The van der Waals surface area contributed by atoms with Crippen molar-refractivity contribution in [3.63, 3.8) is 0 Å². The predicted molar refractivity (Wildman–Crippen MR) is 96.7 cm³/mol. The highest BCUT2D eigenvalue weighted by atomic mass is 79.9. The Morgan fingerprint density at radius 3 is 2.77 bits per heavy atom. The van der Waals surface area contributed by atoms with E-state index in [1.807, 2.05) is 12.1 Å². The summed E-state index contributed by atoms with van der Waals surface area (Å²) in [6, 6.07) is 8.85. The maximum absolute atomic E-state index is 9.99. The molecular weight excluding hydrogens is 409 g/mol. The Morgan fingerprint density at radius 2 is 2.05 bits per heavy atom. The van der Waals surface area contributed by atoms with Gasteiger partial charge in [0, 0.05) is 10.3 Å². The summed E-state index contributed by atoms with van der Waals surface area (Å²) in [5.41, 5.74) is 3.14. The Balaban J connectivity index is 1.89. The van der Waals surface area contributed by atoms with E-state index in [0.29, 0.717) is 21.7 Å². The number of hydrogen-bond donors (Lipinski definition) is 2. The number of thiophene rings is 1. The molecule has 0 amide bonds. The van der Waals surface area contributed by atoms with Gasteiger partial charge in [0.25, 0.3) is 0 Å². The van der Waals surface area contributed by atoms with Crippen molar-refractivity contribution in [2.75, 3.05) is 5.43 Å². The summed E-state index contributed by atoms with van der Waals surface area (Å²) in [5.74, 6) is 0.379. The van der Waals surface area contributed by atoms with Gasteiger partial charge in [0.2, 0.25) is 0 Å². The summed E-state index contributed by atoms with van der Waals surface area (Å²) >= 11 is 16.9. The number of rotatable bonds is 3. The highest BCUT2D eigenvalue weighted by Crippen LogP contribution is 2.36. The second kappa shape index (κ2) is 6.42. The van der Waals surface area contributed by atoms with Gasteiger partial charge >= 0.3 is 0 Å². The highest BCUT2D eigenvalue weighted by molar-refractivity contribution is 9.11. The molecule has 2 N–H and O–H groups in total. The molecule has 1 aromatic carbocycles. The first kappa shape index (κ1) is 15.6. The molecule has 0 aliphatic rings. The zero-order chi connectivity index (χ0) is 15.7. The summed E-state index contributed by atoms with van der Waals surface area (Å²) < 4.78 is 1.03. The topological polar surface area (TPSA) is 57.5 Å². The molecule has 3 aromatic rings. The molecular formula is C14H8BrCl2N3OS. The fourth-order valence-electron chi connectivity index (χ4n) is 1.82. The van der Waals surface area contributed by atoms with Crippen LogP contribution >= 0.6 is 50.5 Å². The van der Waals surface area contributed by atoms with Crippen molar-refractivity contribution < 1.29 is 5.11 Å². The Labute approximate surface area is 148 Å². The van der Waals surface area contributed by atoms with Gasteiger partial charge in [0.05, 0.1) is 20.0 Å². The molecule has 0 unspecified atom stereocenters. The number of phenolic OH excluding ortho intramolecular Hbond substituents is 1. The van der Waals surface area contributed by atoms with E-state index < -0.39 is 0 Å². The van der Waals surface area contributed by atoms with Crippen LogP contribution < -0.4 is 5.43 Å². The number of aromatic nitrogens is 1. The lowest BCUT2D eigenvalue weighted by Crippen LogP contribution is -1.93. The highest BCUT2D eigenvalue weighted by Gasteiger charge is 2.11. The summed E-state index contributed by atoms with van der Waals surface area (Å²) in [6.07, 6.45) is 1.69. The summed E-state index contributed by atoms with van der Waals surface area (Å²) in [7, 11) is 0. The average Bonchev–Trinajstić information content (AvgIpc) is 2.90. The smallest absolute Gasteiger partial charge is 0.160 e. The molecule has 0 radical (unpaired) electrons. The molecule has 0 fully saturated rings. The molecule has 3 rings (SSSR count). The summed E-state index contributed by atoms with van der Waals surface area (Å²) in [5, 5.41) is 15.3. The lowest BCUT2D eigenvalue weighted by atomic mass is 10.2. The van der Waals surface area contributed by atoms with Crippen molar-refractivity contribution in [2.45, 2.75) is 0 Å². The van der Waals surface area contributed by atoms with Gasteiger partial charge in [-0.25, -0.2) is 4.98 Å². The van der Waals surface area contributed by atoms with Gasteiger partial charge in [-0.3, -0.25) is 5.43 Å². The third kappa shape index (κ3) is 3.20. The second-order valence-electron chi connectivity index (χ2n) is 4.29. The molecule has 8 heteroatoms. The molecule has 0 saturated carbocycles. The van der Waals surface area contributed by atoms with E-state index >= 15 is 0 Å². The Bertz CT molecular complexity index is 882. The molecule has 4 nitrogen and oxygen atoms in total. The molecule has 0 aliphatic heterocycles. The fourth-order valence-corrected chi connectivity index (χ4v) is 3.64. The van der Waals surface area contributed by atoms with Crippen molar-refractivity contribution in [1.29, 1.82) is 0 Å². The second-order valence-corrected chi connectivity index (χ2v) is 7.60. The van der Waals surface area contributed by atoms with Gasteiger partial charge in [-0.2, -0.15) is 5.10 Å². The predicted octanol–water partition coefficient (Wildman–Crippen LogP) is 5.52. The van der Waals surface area contributed by atoms with Crippen LogP contribution in [0.25, 0.3) is 10.9 Å². The van der Waals surface area contributed by atoms with Crippen LogP contribution in [0.3, 0.4) is 0 Å². The van der Waals surface area contributed by atoms with Crippen LogP contribution in [0, 0.1) is 0 Å². The zero-order valence-electron chi connectivity index (χ0n) is 10.8. The van der Waals surface area contributed by atoms with Gasteiger partial charge in [-0.1, -0.05) is 23.2 Å². The number of fused-ring (bicyclic) bond motifs is 1. The van der Waals surface area contributed by atoms with Crippen LogP contribution in [0.1, 0.15) is 4.88 Å². The lowest BCUT2D eigenvalue weighted by molar-refractivity contribution is 0.480. The number of nitrogens with one attached hydrogen (secondary N) is 1. The van der Waals surface area contributed by atoms with Gasteiger partial charge in [0.15, 0.2) is 5.75 Å². The minimum Gasteiger partial charge on any atom is -0.504 e. The fraction of sp³-hybridized carbons (Fsp3) is 0. The van der Waals surface area contributed by atoms with Gasteiger partial charge in [-0.05, 0) is 46.3 Å². The van der Waals surface area contributed by atoms with Crippen LogP contribution in [0.5, 0.6) is 5.75 Å². The molecule has 0 spiro atoms. The van der Waals surface area contributed by atoms with Crippen LogP contribution in [0.4, 0.5) is 5.82 Å². The molecule has 0 saturated heterocycles. The summed E-state index contributed by atoms with van der Waals surface area (Å²) in [4.78, 5) is 5.28. The quantitative estimate of drug-likeness (QED) is 0.436. The Kier molecular flexibility index (Phi) is 4.54. The zero-order valence-corrected chi connectivity index (χ0v) is 14.8. The number of anilines is 1. The third-order valence-corrected chi connectivity index (χ3v) is 4.98. The number of benzene rings is 1. The first-order chi connectivity index (χ1) is 10.5. The molecule has 2 aromatic heterocycles. The van der Waals surface area contributed by atoms with Crippen molar-refractivity contribution in [3.8, 4) is 5.75 Å². The number of phenols is 1. The Hall–Kier alpha value is -1.34. The van der Waals surface area contributed by atoms with E-state index in [4.69, 9.17) is 23.2 Å². The number of hydrazone groups is 1. The molecule has 2 heterocycles. The molecule has 0 bridgehead atoms. The number of nitrogens with zero attached hydrogens (tertiary/aromatic N) is 2. The minimum atomic E-state index is -0.101. The number of halogens is 3. The molecule has 22 heavy (non-hydrogen) atoms. The first-order valence-corrected chi connectivity index (χ1v) is 8.43. The first-order valence-electron chi connectivity index (χ1n) is 6.07. The van der Waals surface area contributed by atoms with Crippen molar-refractivity contribution in [2.24, 2.45) is 5.10 Å². The maximum atomic E-state index is 9.99. The van der Waals surface area contributed by atoms with Crippen LogP contribution in [0.2, 0.25) is 10.0 Å². The van der Waals surface area contributed by atoms with Crippen molar-refractivity contribution in [3.05, 3.63) is 49.0 Å². The Morgan fingerprint density at radius 1 is 1.23 bits per heavy atom. The van der Waals surface area contributed by atoms with Gasteiger partial charge in [-0.15, -0.1) is 11.3 Å². The largest absolute Gasteiger partial charge is 0.504 e. The normalized spacial score (nSPS) is 11.4. The van der Waals surface area contributed by atoms with Crippen LogP contribution in [-0.2, 0) is 0 Å². The average molecular weight is 417 g/mol. The van der Waals surface area contributed by atoms with E-state index in [1.165, 1.54) is 6.07 Å².